The summed E-state index contributed by atoms with van der Waals surface area (Å²) in [6.07, 6.45) is -0.931. The predicted octanol–water partition coefficient (Wildman–Crippen LogP) is 0.160. The minimum atomic E-state index is -1.20. The van der Waals surface area contributed by atoms with Gasteiger partial charge in [0.1, 0.15) is 0 Å². The van der Waals surface area contributed by atoms with Gasteiger partial charge in [-0.15, -0.1) is 0 Å². The molecule has 0 saturated heterocycles. The molecule has 0 aromatic heterocycles. The lowest BCUT2D eigenvalue weighted by Crippen LogP contribution is -2.21. The highest BCUT2D eigenvalue weighted by molar-refractivity contribution is 7.84. The van der Waals surface area contributed by atoms with Crippen LogP contribution in [0.4, 0.5) is 0 Å². The average molecular weight is 239 g/mol. The highest BCUT2D eigenvalue weighted by Crippen LogP contribution is 2.06. The molecular formula is C11H13NO3S. The summed E-state index contributed by atoms with van der Waals surface area (Å²) >= 11 is 0. The van der Waals surface area contributed by atoms with Gasteiger partial charge in [-0.2, -0.15) is 5.26 Å². The topological polar surface area (TPSA) is 81.3 Å². The van der Waals surface area contributed by atoms with Crippen molar-refractivity contribution in [3.05, 3.63) is 35.4 Å². The molecule has 1 aromatic rings. The first-order valence-electron chi connectivity index (χ1n) is 4.78. The molecule has 0 aliphatic heterocycles. The Morgan fingerprint density at radius 3 is 2.50 bits per heavy atom. The van der Waals surface area contributed by atoms with E-state index in [1.54, 1.807) is 24.3 Å². The molecule has 0 bridgehead atoms. The van der Waals surface area contributed by atoms with Crippen molar-refractivity contribution in [2.24, 2.45) is 0 Å². The average Bonchev–Trinajstić information content (AvgIpc) is 2.29. The van der Waals surface area contributed by atoms with Crippen LogP contribution in [-0.4, -0.2) is 32.9 Å². The second-order valence-corrected chi connectivity index (χ2v) is 4.90. The highest BCUT2D eigenvalue weighted by atomic mass is 32.2. The Hall–Kier alpha value is -1.22. The van der Waals surface area contributed by atoms with Crippen LogP contribution in [-0.2, 0) is 16.6 Å². The van der Waals surface area contributed by atoms with Crippen molar-refractivity contribution in [3.63, 3.8) is 0 Å². The Balaban J connectivity index is 2.53. The summed E-state index contributed by atoms with van der Waals surface area (Å²) in [5.41, 5.74) is 1.41. The quantitative estimate of drug-likeness (QED) is 0.767. The molecule has 16 heavy (non-hydrogen) atoms. The third kappa shape index (κ3) is 4.11. The van der Waals surface area contributed by atoms with Crippen LogP contribution in [0.15, 0.2) is 24.3 Å². The van der Waals surface area contributed by atoms with Crippen LogP contribution in [0.5, 0.6) is 0 Å². The van der Waals surface area contributed by atoms with E-state index in [9.17, 15) is 4.21 Å². The SMILES string of the molecule is N#Cc1ccc(CS(=O)CC(O)CO)cc1. The van der Waals surface area contributed by atoms with E-state index in [1.165, 1.54) is 0 Å². The number of benzene rings is 1. The summed E-state index contributed by atoms with van der Waals surface area (Å²) < 4.78 is 11.5. The van der Waals surface area contributed by atoms with Gasteiger partial charge in [0.05, 0.1) is 30.1 Å². The largest absolute Gasteiger partial charge is 0.394 e. The van der Waals surface area contributed by atoms with Crippen LogP contribution in [0.2, 0.25) is 0 Å². The van der Waals surface area contributed by atoms with Crippen LogP contribution < -0.4 is 0 Å². The molecule has 0 radical (unpaired) electrons. The van der Waals surface area contributed by atoms with Crippen LogP contribution >= 0.6 is 0 Å². The van der Waals surface area contributed by atoms with Gasteiger partial charge in [0, 0.05) is 16.6 Å². The molecule has 0 spiro atoms. The first-order chi connectivity index (χ1) is 7.65. The van der Waals surface area contributed by atoms with Crippen LogP contribution in [0.25, 0.3) is 0 Å². The Morgan fingerprint density at radius 1 is 1.38 bits per heavy atom. The molecule has 0 aliphatic rings. The Bertz CT molecular complexity index is 397. The molecule has 5 heteroatoms. The fraction of sp³-hybridized carbons (Fsp3) is 0.364. The molecule has 0 saturated carbocycles. The minimum Gasteiger partial charge on any atom is -0.394 e. The van der Waals surface area contributed by atoms with E-state index in [0.717, 1.165) is 5.56 Å². The van der Waals surface area contributed by atoms with Crippen LogP contribution in [0.1, 0.15) is 11.1 Å². The van der Waals surface area contributed by atoms with E-state index in [4.69, 9.17) is 15.5 Å². The van der Waals surface area contributed by atoms with Gasteiger partial charge in [0.15, 0.2) is 0 Å². The van der Waals surface area contributed by atoms with E-state index in [2.05, 4.69) is 0 Å². The van der Waals surface area contributed by atoms with Crippen molar-refractivity contribution in [1.82, 2.24) is 0 Å². The fourth-order valence-electron chi connectivity index (χ4n) is 1.19. The van der Waals surface area contributed by atoms with Gasteiger partial charge in [-0.25, -0.2) is 0 Å². The summed E-state index contributed by atoms with van der Waals surface area (Å²) in [5.74, 6) is 0.388. The lowest BCUT2D eigenvalue weighted by molar-refractivity contribution is 0.113. The third-order valence-corrected chi connectivity index (χ3v) is 3.41. The van der Waals surface area contributed by atoms with Crippen LogP contribution in [0, 0.1) is 11.3 Å². The summed E-state index contributed by atoms with van der Waals surface area (Å²) in [6, 6.07) is 8.80. The van der Waals surface area contributed by atoms with Crippen LogP contribution in [0.3, 0.4) is 0 Å². The second-order valence-electron chi connectivity index (χ2n) is 3.40. The van der Waals surface area contributed by atoms with E-state index in [-0.39, 0.29) is 12.4 Å². The van der Waals surface area contributed by atoms with Gasteiger partial charge in [-0.3, -0.25) is 4.21 Å². The Morgan fingerprint density at radius 2 is 2.00 bits per heavy atom. The fourth-order valence-corrected chi connectivity index (χ4v) is 2.40. The number of hydrogen-bond acceptors (Lipinski definition) is 4. The summed E-state index contributed by atoms with van der Waals surface area (Å²) in [4.78, 5) is 0. The summed E-state index contributed by atoms with van der Waals surface area (Å²) in [7, 11) is -1.20. The van der Waals surface area contributed by atoms with Crippen molar-refractivity contribution in [2.75, 3.05) is 12.4 Å². The molecular weight excluding hydrogens is 226 g/mol. The van der Waals surface area contributed by atoms with Gasteiger partial charge >= 0.3 is 0 Å². The zero-order valence-electron chi connectivity index (χ0n) is 8.67. The second kappa shape index (κ2) is 6.38. The molecule has 2 unspecified atom stereocenters. The summed E-state index contributed by atoms with van der Waals surface area (Å²) in [5, 5.41) is 26.3. The minimum absolute atomic E-state index is 0.0660. The maximum absolute atomic E-state index is 11.5. The molecule has 1 rings (SSSR count). The maximum atomic E-state index is 11.5. The van der Waals surface area contributed by atoms with Crippen molar-refractivity contribution in [2.45, 2.75) is 11.9 Å². The van der Waals surface area contributed by atoms with Crippen molar-refractivity contribution in [3.8, 4) is 6.07 Å². The number of hydrogen-bond donors (Lipinski definition) is 2. The molecule has 86 valence electrons. The lowest BCUT2D eigenvalue weighted by atomic mass is 10.2. The summed E-state index contributed by atoms with van der Waals surface area (Å²) in [6.45, 7) is -0.376. The number of nitrogens with zero attached hydrogens (tertiary/aromatic N) is 1. The predicted molar refractivity (Wildman–Crippen MR) is 61.0 cm³/mol. The maximum Gasteiger partial charge on any atom is 0.0991 e. The molecule has 0 fully saturated rings. The van der Waals surface area contributed by atoms with E-state index in [1.807, 2.05) is 6.07 Å². The highest BCUT2D eigenvalue weighted by Gasteiger charge is 2.08. The number of aliphatic hydroxyl groups is 2. The molecule has 1 aromatic carbocycles. The van der Waals surface area contributed by atoms with Gasteiger partial charge < -0.3 is 10.2 Å². The third-order valence-electron chi connectivity index (χ3n) is 2.00. The van der Waals surface area contributed by atoms with E-state index < -0.39 is 16.9 Å². The number of aliphatic hydroxyl groups excluding tert-OH is 2. The van der Waals surface area contributed by atoms with Gasteiger partial charge in [0.2, 0.25) is 0 Å². The van der Waals surface area contributed by atoms with Gasteiger partial charge in [-0.1, -0.05) is 12.1 Å². The smallest absolute Gasteiger partial charge is 0.0991 e. The molecule has 0 heterocycles. The molecule has 2 N–H and O–H groups in total. The van der Waals surface area contributed by atoms with E-state index in [0.29, 0.717) is 11.3 Å². The molecule has 2 atom stereocenters. The Labute approximate surface area is 96.6 Å². The molecule has 0 amide bonds. The number of nitriles is 1. The zero-order valence-corrected chi connectivity index (χ0v) is 9.48. The normalized spacial score (nSPS) is 14.1. The standard InChI is InChI=1S/C11H13NO3S/c12-5-9-1-3-10(4-2-9)7-16(15)8-11(14)6-13/h1-4,11,13-14H,6-8H2. The Kier molecular flexibility index (Phi) is 5.12. The lowest BCUT2D eigenvalue weighted by Gasteiger charge is -2.06. The zero-order chi connectivity index (χ0) is 12.0. The van der Waals surface area contributed by atoms with Gasteiger partial charge in [0.25, 0.3) is 0 Å². The monoisotopic (exact) mass is 239 g/mol. The van der Waals surface area contributed by atoms with E-state index >= 15 is 0 Å². The van der Waals surface area contributed by atoms with Crippen molar-refractivity contribution < 1.29 is 14.4 Å². The van der Waals surface area contributed by atoms with Crippen molar-refractivity contribution >= 4 is 10.8 Å². The molecule has 4 nitrogen and oxygen atoms in total. The van der Waals surface area contributed by atoms with Gasteiger partial charge in [-0.05, 0) is 17.7 Å². The number of rotatable bonds is 5. The first kappa shape index (κ1) is 12.8. The molecule has 0 aliphatic carbocycles. The van der Waals surface area contributed by atoms with Crippen molar-refractivity contribution in [1.29, 1.82) is 5.26 Å². The first-order valence-corrected chi connectivity index (χ1v) is 6.27.